The van der Waals surface area contributed by atoms with Crippen molar-refractivity contribution in [2.75, 3.05) is 0 Å². The highest BCUT2D eigenvalue weighted by Crippen LogP contribution is 2.25. The monoisotopic (exact) mass is 378 g/mol. The Kier molecular flexibility index (Phi) is 5.69. The van der Waals surface area contributed by atoms with E-state index < -0.39 is 11.8 Å². The summed E-state index contributed by atoms with van der Waals surface area (Å²) in [6.45, 7) is 3.77. The van der Waals surface area contributed by atoms with Crippen LogP contribution in [0.15, 0.2) is 65.1 Å². The Labute approximate surface area is 161 Å². The zero-order chi connectivity index (χ0) is 20.1. The molecule has 0 atom stereocenters. The molecule has 0 bridgehead atoms. The van der Waals surface area contributed by atoms with Crippen molar-refractivity contribution < 1.29 is 18.4 Å². The lowest BCUT2D eigenvalue weighted by Gasteiger charge is -2.08. The van der Waals surface area contributed by atoms with Crippen LogP contribution in [0.4, 0.5) is 4.39 Å². The Balaban J connectivity index is 1.58. The Morgan fingerprint density at radius 1 is 1.00 bits per heavy atom. The Hall–Kier alpha value is -3.67. The van der Waals surface area contributed by atoms with Gasteiger partial charge in [0.15, 0.2) is 0 Å². The SMILES string of the molecule is Cc1ccc(C(=O)NNC(=O)/C=C/c2ccc(-c3ccccc3F)o2)c(C)c1. The summed E-state index contributed by atoms with van der Waals surface area (Å²) in [4.78, 5) is 24.1. The van der Waals surface area contributed by atoms with E-state index >= 15 is 0 Å². The predicted molar refractivity (Wildman–Crippen MR) is 105 cm³/mol. The third-order valence-corrected chi connectivity index (χ3v) is 4.09. The maximum absolute atomic E-state index is 13.8. The molecule has 0 spiro atoms. The molecule has 2 aromatic carbocycles. The molecule has 0 fully saturated rings. The van der Waals surface area contributed by atoms with Gasteiger partial charge in [-0.05, 0) is 55.8 Å². The van der Waals surface area contributed by atoms with Gasteiger partial charge in [-0.25, -0.2) is 4.39 Å². The fraction of sp³-hybridized carbons (Fsp3) is 0.0909. The van der Waals surface area contributed by atoms with Crippen LogP contribution in [-0.2, 0) is 4.79 Å². The van der Waals surface area contributed by atoms with E-state index in [0.29, 0.717) is 22.6 Å². The molecule has 28 heavy (non-hydrogen) atoms. The lowest BCUT2D eigenvalue weighted by atomic mass is 10.1. The molecule has 3 rings (SSSR count). The Morgan fingerprint density at radius 3 is 2.54 bits per heavy atom. The molecular weight excluding hydrogens is 359 g/mol. The first-order valence-electron chi connectivity index (χ1n) is 8.64. The molecule has 6 heteroatoms. The molecule has 0 radical (unpaired) electrons. The van der Waals surface area contributed by atoms with Gasteiger partial charge in [0.1, 0.15) is 17.3 Å². The van der Waals surface area contributed by atoms with E-state index in [2.05, 4.69) is 10.9 Å². The summed E-state index contributed by atoms with van der Waals surface area (Å²) in [7, 11) is 0. The van der Waals surface area contributed by atoms with Crippen LogP contribution in [0.25, 0.3) is 17.4 Å². The summed E-state index contributed by atoms with van der Waals surface area (Å²) >= 11 is 0. The lowest BCUT2D eigenvalue weighted by molar-refractivity contribution is -0.117. The molecule has 1 aromatic heterocycles. The number of nitrogens with one attached hydrogen (secondary N) is 2. The number of halogens is 1. The number of hydrazine groups is 1. The molecule has 0 aliphatic heterocycles. The topological polar surface area (TPSA) is 71.3 Å². The second kappa shape index (κ2) is 8.35. The van der Waals surface area contributed by atoms with Crippen molar-refractivity contribution in [3.63, 3.8) is 0 Å². The van der Waals surface area contributed by atoms with Crippen LogP contribution >= 0.6 is 0 Å². The highest BCUT2D eigenvalue weighted by atomic mass is 19.1. The molecule has 1 heterocycles. The smallest absolute Gasteiger partial charge is 0.269 e. The number of rotatable bonds is 4. The number of carbonyl (C=O) groups is 2. The van der Waals surface area contributed by atoms with Crippen molar-refractivity contribution >= 4 is 17.9 Å². The molecule has 0 unspecified atom stereocenters. The quantitative estimate of drug-likeness (QED) is 0.529. The normalized spacial score (nSPS) is 10.8. The number of amides is 2. The van der Waals surface area contributed by atoms with Crippen molar-refractivity contribution in [2.45, 2.75) is 13.8 Å². The average Bonchev–Trinajstić information content (AvgIpc) is 3.13. The Bertz CT molecular complexity index is 1050. The first-order valence-corrected chi connectivity index (χ1v) is 8.64. The molecule has 2 N–H and O–H groups in total. The maximum atomic E-state index is 13.8. The molecule has 0 aliphatic rings. The van der Waals surface area contributed by atoms with Gasteiger partial charge in [-0.3, -0.25) is 20.4 Å². The van der Waals surface area contributed by atoms with Gasteiger partial charge >= 0.3 is 0 Å². The largest absolute Gasteiger partial charge is 0.457 e. The van der Waals surface area contributed by atoms with Crippen LogP contribution in [-0.4, -0.2) is 11.8 Å². The van der Waals surface area contributed by atoms with Crippen molar-refractivity contribution in [2.24, 2.45) is 0 Å². The first kappa shape index (κ1) is 19.1. The second-order valence-electron chi connectivity index (χ2n) is 6.28. The second-order valence-corrected chi connectivity index (χ2v) is 6.28. The number of hydrogen-bond donors (Lipinski definition) is 2. The third-order valence-electron chi connectivity index (χ3n) is 4.09. The van der Waals surface area contributed by atoms with Gasteiger partial charge in [-0.15, -0.1) is 0 Å². The third kappa shape index (κ3) is 4.54. The molecule has 142 valence electrons. The fourth-order valence-electron chi connectivity index (χ4n) is 2.70. The summed E-state index contributed by atoms with van der Waals surface area (Å²) in [6.07, 6.45) is 2.65. The Morgan fingerprint density at radius 2 is 1.79 bits per heavy atom. The van der Waals surface area contributed by atoms with Crippen molar-refractivity contribution in [3.8, 4) is 11.3 Å². The van der Waals surface area contributed by atoms with Crippen molar-refractivity contribution in [1.82, 2.24) is 10.9 Å². The lowest BCUT2D eigenvalue weighted by Crippen LogP contribution is -2.41. The highest BCUT2D eigenvalue weighted by Gasteiger charge is 2.10. The predicted octanol–water partition coefficient (Wildman–Crippen LogP) is 4.18. The van der Waals surface area contributed by atoms with Crippen LogP contribution in [0.5, 0.6) is 0 Å². The van der Waals surface area contributed by atoms with Gasteiger partial charge in [-0.1, -0.05) is 29.8 Å². The summed E-state index contributed by atoms with van der Waals surface area (Å²) in [5, 5.41) is 0. The number of aryl methyl sites for hydroxylation is 2. The highest BCUT2D eigenvalue weighted by molar-refractivity contribution is 5.98. The molecule has 3 aromatic rings. The van der Waals surface area contributed by atoms with E-state index in [0.717, 1.165) is 11.1 Å². The number of benzene rings is 2. The zero-order valence-electron chi connectivity index (χ0n) is 15.5. The first-order chi connectivity index (χ1) is 13.4. The number of carbonyl (C=O) groups excluding carboxylic acids is 2. The molecular formula is C22H19FN2O3. The molecule has 0 aliphatic carbocycles. The minimum Gasteiger partial charge on any atom is -0.457 e. The molecule has 0 saturated carbocycles. The molecule has 5 nitrogen and oxygen atoms in total. The van der Waals surface area contributed by atoms with E-state index in [1.165, 1.54) is 18.2 Å². The van der Waals surface area contributed by atoms with E-state index in [-0.39, 0.29) is 5.82 Å². The van der Waals surface area contributed by atoms with Crippen LogP contribution in [0.3, 0.4) is 0 Å². The van der Waals surface area contributed by atoms with E-state index in [9.17, 15) is 14.0 Å². The minimum atomic E-state index is -0.526. The van der Waals surface area contributed by atoms with Crippen molar-refractivity contribution in [3.05, 3.63) is 88.9 Å². The number of hydrogen-bond acceptors (Lipinski definition) is 3. The van der Waals surface area contributed by atoms with E-state index in [4.69, 9.17) is 4.42 Å². The average molecular weight is 378 g/mol. The van der Waals surface area contributed by atoms with Crippen LogP contribution < -0.4 is 10.9 Å². The zero-order valence-corrected chi connectivity index (χ0v) is 15.5. The van der Waals surface area contributed by atoms with E-state index in [1.54, 1.807) is 36.4 Å². The fourth-order valence-corrected chi connectivity index (χ4v) is 2.70. The van der Waals surface area contributed by atoms with E-state index in [1.807, 2.05) is 26.0 Å². The molecule has 2 amide bonds. The maximum Gasteiger partial charge on any atom is 0.269 e. The van der Waals surface area contributed by atoms with Gasteiger partial charge < -0.3 is 4.42 Å². The summed E-state index contributed by atoms with van der Waals surface area (Å²) in [5.41, 5.74) is 7.37. The molecule has 0 saturated heterocycles. The van der Waals surface area contributed by atoms with Crippen molar-refractivity contribution in [1.29, 1.82) is 0 Å². The standard InChI is InChI=1S/C22H19FN2O3/c1-14-7-10-17(15(2)13-14)22(27)25-24-21(26)12-9-16-8-11-20(28-16)18-5-3-4-6-19(18)23/h3-13H,1-2H3,(H,24,26)(H,25,27)/b12-9+. The van der Waals surface area contributed by atoms with Gasteiger partial charge in [0.05, 0.1) is 5.56 Å². The minimum absolute atomic E-state index is 0.340. The summed E-state index contributed by atoms with van der Waals surface area (Å²) in [6, 6.07) is 14.9. The summed E-state index contributed by atoms with van der Waals surface area (Å²) in [5.74, 6) is -0.573. The van der Waals surface area contributed by atoms with Crippen LogP contribution in [0, 0.1) is 19.7 Å². The van der Waals surface area contributed by atoms with Gasteiger partial charge in [-0.2, -0.15) is 0 Å². The number of furan rings is 1. The van der Waals surface area contributed by atoms with Gasteiger partial charge in [0.2, 0.25) is 0 Å². The van der Waals surface area contributed by atoms with Gasteiger partial charge in [0, 0.05) is 11.6 Å². The van der Waals surface area contributed by atoms with Crippen LogP contribution in [0.2, 0.25) is 0 Å². The summed E-state index contributed by atoms with van der Waals surface area (Å²) < 4.78 is 19.3. The van der Waals surface area contributed by atoms with Gasteiger partial charge in [0.25, 0.3) is 11.8 Å². The van der Waals surface area contributed by atoms with Crippen LogP contribution in [0.1, 0.15) is 27.2 Å².